The van der Waals surface area contributed by atoms with E-state index in [9.17, 15) is 4.79 Å². The summed E-state index contributed by atoms with van der Waals surface area (Å²) in [5.74, 6) is 0.572. The molecule has 3 rings (SSSR count). The van der Waals surface area contributed by atoms with E-state index >= 15 is 0 Å². The Hall–Kier alpha value is -2.59. The van der Waals surface area contributed by atoms with Crippen molar-refractivity contribution in [3.63, 3.8) is 0 Å². The second kappa shape index (κ2) is 9.56. The van der Waals surface area contributed by atoms with Crippen LogP contribution in [0.5, 0.6) is 0 Å². The number of hydrazone groups is 1. The maximum Gasteiger partial charge on any atom is 0.228 e. The molecule has 0 saturated carbocycles. The van der Waals surface area contributed by atoms with E-state index < -0.39 is 0 Å². The maximum absolute atomic E-state index is 12.4. The smallest absolute Gasteiger partial charge is 0.228 e. The summed E-state index contributed by atoms with van der Waals surface area (Å²) >= 11 is 6.03. The van der Waals surface area contributed by atoms with Crippen LogP contribution in [0.2, 0.25) is 5.02 Å². The summed E-state index contributed by atoms with van der Waals surface area (Å²) in [6.45, 7) is 3.97. The van der Waals surface area contributed by atoms with E-state index in [-0.39, 0.29) is 11.9 Å². The first-order valence-corrected chi connectivity index (χ1v) is 10.1. The number of nitrogens with one attached hydrogen (secondary N) is 1. The third-order valence-electron chi connectivity index (χ3n) is 4.95. The number of benzene rings is 1. The van der Waals surface area contributed by atoms with Gasteiger partial charge in [-0.25, -0.2) is 5.01 Å². The number of carbonyl (C=O) groups is 1. The van der Waals surface area contributed by atoms with E-state index in [0.29, 0.717) is 30.5 Å². The molecule has 0 aromatic heterocycles. The number of hydrogen-bond acceptors (Lipinski definition) is 4. The van der Waals surface area contributed by atoms with E-state index in [1.165, 1.54) is 0 Å². The molecule has 0 radical (unpaired) electrons. The van der Waals surface area contributed by atoms with Crippen molar-refractivity contribution >= 4 is 29.2 Å². The molecule has 0 spiro atoms. The molecule has 1 saturated heterocycles. The Morgan fingerprint density at radius 2 is 2.18 bits per heavy atom. The Bertz CT molecular complexity index is 798. The molecule has 1 atom stereocenters. The van der Waals surface area contributed by atoms with Gasteiger partial charge in [-0.15, -0.1) is 0 Å². The SMILES string of the molecule is CCCCCN=C(NC#N)N1CC(N2CCCC2=O)C(c2ccc(Cl)cc2)=N1. The monoisotopic (exact) mass is 400 g/mol. The van der Waals surface area contributed by atoms with Crippen LogP contribution in [-0.2, 0) is 4.79 Å². The zero-order valence-corrected chi connectivity index (χ0v) is 16.8. The first kappa shape index (κ1) is 20.2. The van der Waals surface area contributed by atoms with Crippen LogP contribution in [0.15, 0.2) is 34.4 Å². The van der Waals surface area contributed by atoms with Gasteiger partial charge in [-0.05, 0) is 25.0 Å². The third kappa shape index (κ3) is 4.63. The van der Waals surface area contributed by atoms with Crippen molar-refractivity contribution in [1.29, 1.82) is 5.26 Å². The molecule has 2 aliphatic heterocycles. The highest BCUT2D eigenvalue weighted by Crippen LogP contribution is 2.24. The van der Waals surface area contributed by atoms with Crippen LogP contribution in [0.1, 0.15) is 44.6 Å². The molecule has 0 bridgehead atoms. The van der Waals surface area contributed by atoms with Crippen molar-refractivity contribution in [3.8, 4) is 6.19 Å². The van der Waals surface area contributed by atoms with Crippen LogP contribution >= 0.6 is 11.6 Å². The molecule has 8 heteroatoms. The number of rotatable bonds is 6. The fraction of sp³-hybridized carbons (Fsp3) is 0.500. The summed E-state index contributed by atoms with van der Waals surface area (Å²) in [6, 6.07) is 7.29. The first-order chi connectivity index (χ1) is 13.6. The topological polar surface area (TPSA) is 84.1 Å². The van der Waals surface area contributed by atoms with Gasteiger partial charge in [-0.1, -0.05) is 43.5 Å². The molecule has 1 aromatic carbocycles. The van der Waals surface area contributed by atoms with Gasteiger partial charge in [0.05, 0.1) is 18.3 Å². The fourth-order valence-electron chi connectivity index (χ4n) is 3.52. The Morgan fingerprint density at radius 3 is 2.82 bits per heavy atom. The highest BCUT2D eigenvalue weighted by molar-refractivity contribution is 6.30. The summed E-state index contributed by atoms with van der Waals surface area (Å²) in [5, 5.41) is 18.9. The van der Waals surface area contributed by atoms with Gasteiger partial charge in [-0.2, -0.15) is 10.4 Å². The molecule has 1 N–H and O–H groups in total. The number of aliphatic imine (C=N–C) groups is 1. The second-order valence-electron chi connectivity index (χ2n) is 6.93. The molecule has 1 fully saturated rings. The largest absolute Gasteiger partial charge is 0.332 e. The van der Waals surface area contributed by atoms with E-state index in [2.05, 4.69) is 17.2 Å². The number of guanidine groups is 1. The predicted molar refractivity (Wildman–Crippen MR) is 110 cm³/mol. The minimum atomic E-state index is -0.169. The average Bonchev–Trinajstić information content (AvgIpc) is 3.31. The Kier molecular flexibility index (Phi) is 6.88. The number of nitrogens with zero attached hydrogens (tertiary/aromatic N) is 5. The van der Waals surface area contributed by atoms with Gasteiger partial charge in [0.25, 0.3) is 0 Å². The molecule has 28 heavy (non-hydrogen) atoms. The minimum absolute atomic E-state index is 0.142. The van der Waals surface area contributed by atoms with Crippen LogP contribution in [0.25, 0.3) is 0 Å². The van der Waals surface area contributed by atoms with Gasteiger partial charge in [0.1, 0.15) is 0 Å². The summed E-state index contributed by atoms with van der Waals surface area (Å²) in [6.07, 6.45) is 6.54. The van der Waals surface area contributed by atoms with E-state index in [1.54, 1.807) is 5.01 Å². The third-order valence-corrected chi connectivity index (χ3v) is 5.20. The summed E-state index contributed by atoms with van der Waals surface area (Å²) in [5.41, 5.74) is 1.71. The lowest BCUT2D eigenvalue weighted by molar-refractivity contribution is -0.128. The van der Waals surface area contributed by atoms with E-state index in [0.717, 1.165) is 43.5 Å². The Morgan fingerprint density at radius 1 is 1.39 bits per heavy atom. The lowest BCUT2D eigenvalue weighted by Gasteiger charge is -2.25. The molecule has 0 aliphatic carbocycles. The average molecular weight is 401 g/mol. The molecule has 1 amide bonds. The molecular formula is C20H25ClN6O. The summed E-state index contributed by atoms with van der Waals surface area (Å²) in [7, 11) is 0. The molecule has 2 heterocycles. The normalized spacial score (nSPS) is 19.8. The zero-order chi connectivity index (χ0) is 19.9. The van der Waals surface area contributed by atoms with Crippen molar-refractivity contribution in [3.05, 3.63) is 34.9 Å². The molecule has 2 aliphatic rings. The Labute approximate surface area is 170 Å². The quantitative estimate of drug-likeness (QED) is 0.261. The van der Waals surface area contributed by atoms with Crippen molar-refractivity contribution in [2.24, 2.45) is 10.1 Å². The van der Waals surface area contributed by atoms with Crippen molar-refractivity contribution in [2.45, 2.75) is 45.1 Å². The molecule has 1 aromatic rings. The minimum Gasteiger partial charge on any atom is -0.332 e. The molecule has 148 valence electrons. The number of likely N-dealkylation sites (tertiary alicyclic amines) is 1. The van der Waals surface area contributed by atoms with Crippen molar-refractivity contribution in [1.82, 2.24) is 15.2 Å². The first-order valence-electron chi connectivity index (χ1n) is 9.75. The van der Waals surface area contributed by atoms with Crippen molar-refractivity contribution < 1.29 is 4.79 Å². The highest BCUT2D eigenvalue weighted by Gasteiger charge is 2.38. The molecule has 7 nitrogen and oxygen atoms in total. The number of hydrogen-bond donors (Lipinski definition) is 1. The van der Waals surface area contributed by atoms with Gasteiger partial charge in [-0.3, -0.25) is 15.1 Å². The number of carbonyl (C=O) groups excluding carboxylic acids is 1. The standard InChI is InChI=1S/C20H25ClN6O/c1-2-3-4-11-23-20(24-14-22)27-13-17(26-12-5-6-18(26)28)19(25-27)15-7-9-16(21)10-8-15/h7-10,17H,2-6,11-13H2,1H3,(H,23,24). The number of unbranched alkanes of at least 4 members (excludes halogenated alkanes) is 2. The highest BCUT2D eigenvalue weighted by atomic mass is 35.5. The number of nitriles is 1. The predicted octanol–water partition coefficient (Wildman–Crippen LogP) is 2.97. The van der Waals surface area contributed by atoms with Gasteiger partial charge < -0.3 is 4.90 Å². The van der Waals surface area contributed by atoms with Crippen LogP contribution in [0.3, 0.4) is 0 Å². The summed E-state index contributed by atoms with van der Waals surface area (Å²) in [4.78, 5) is 18.8. The van der Waals surface area contributed by atoms with Gasteiger partial charge in [0.2, 0.25) is 11.9 Å². The summed E-state index contributed by atoms with van der Waals surface area (Å²) < 4.78 is 0. The second-order valence-corrected chi connectivity index (χ2v) is 7.37. The lowest BCUT2D eigenvalue weighted by Crippen LogP contribution is -2.45. The van der Waals surface area contributed by atoms with E-state index in [4.69, 9.17) is 22.0 Å². The van der Waals surface area contributed by atoms with Crippen LogP contribution in [0.4, 0.5) is 0 Å². The van der Waals surface area contributed by atoms with Gasteiger partial charge >= 0.3 is 0 Å². The zero-order valence-electron chi connectivity index (χ0n) is 16.1. The fourth-order valence-corrected chi connectivity index (χ4v) is 3.65. The number of amides is 1. The van der Waals surface area contributed by atoms with Crippen LogP contribution in [0, 0.1) is 11.5 Å². The maximum atomic E-state index is 12.4. The van der Waals surface area contributed by atoms with Crippen LogP contribution in [-0.4, -0.2) is 53.2 Å². The molecular weight excluding hydrogens is 376 g/mol. The Balaban J connectivity index is 1.88. The van der Waals surface area contributed by atoms with E-state index in [1.807, 2.05) is 35.4 Å². The number of halogens is 1. The van der Waals surface area contributed by atoms with Crippen molar-refractivity contribution in [2.75, 3.05) is 19.6 Å². The van der Waals surface area contributed by atoms with Gasteiger partial charge in [0, 0.05) is 30.1 Å². The van der Waals surface area contributed by atoms with Crippen LogP contribution < -0.4 is 5.32 Å². The van der Waals surface area contributed by atoms with Gasteiger partial charge in [0.15, 0.2) is 6.19 Å². The lowest BCUT2D eigenvalue weighted by atomic mass is 10.0. The molecule has 1 unspecified atom stereocenters.